The van der Waals surface area contributed by atoms with Crippen molar-refractivity contribution in [2.75, 3.05) is 31.3 Å². The molecule has 0 aromatic carbocycles. The van der Waals surface area contributed by atoms with Crippen LogP contribution in [0.15, 0.2) is 0 Å². The summed E-state index contributed by atoms with van der Waals surface area (Å²) >= 11 is 0. The zero-order valence-electron chi connectivity index (χ0n) is 12.2. The van der Waals surface area contributed by atoms with Crippen LogP contribution in [-0.4, -0.2) is 56.5 Å². The Morgan fingerprint density at radius 3 is 2.60 bits per heavy atom. The maximum atomic E-state index is 12.2. The molecular formula is C14H25NO4S. The van der Waals surface area contributed by atoms with Crippen molar-refractivity contribution in [2.24, 2.45) is 5.92 Å². The van der Waals surface area contributed by atoms with Gasteiger partial charge in [0, 0.05) is 12.6 Å². The van der Waals surface area contributed by atoms with Crippen LogP contribution < -0.4 is 0 Å². The number of ether oxygens (including phenoxy) is 1. The number of sulfone groups is 1. The Hall–Kier alpha value is -0.620. The van der Waals surface area contributed by atoms with Gasteiger partial charge in [0.15, 0.2) is 9.84 Å². The minimum absolute atomic E-state index is 0.0187. The number of hydrogen-bond acceptors (Lipinski definition) is 4. The maximum absolute atomic E-state index is 12.2. The molecule has 1 saturated heterocycles. The molecule has 0 unspecified atom stereocenters. The number of carbonyl (C=O) groups excluding carboxylic acids is 1. The first-order valence-corrected chi connectivity index (χ1v) is 9.38. The fourth-order valence-electron chi connectivity index (χ4n) is 3.01. The van der Waals surface area contributed by atoms with E-state index in [1.807, 2.05) is 6.92 Å². The van der Waals surface area contributed by atoms with Crippen LogP contribution in [0, 0.1) is 5.92 Å². The summed E-state index contributed by atoms with van der Waals surface area (Å²) in [5.41, 5.74) is 0. The van der Waals surface area contributed by atoms with E-state index >= 15 is 0 Å². The van der Waals surface area contributed by atoms with Crippen LogP contribution >= 0.6 is 0 Å². The van der Waals surface area contributed by atoms with Crippen molar-refractivity contribution in [3.8, 4) is 0 Å². The van der Waals surface area contributed by atoms with Gasteiger partial charge in [-0.25, -0.2) is 8.42 Å². The first-order chi connectivity index (χ1) is 9.48. The Kier molecular flexibility index (Phi) is 5.43. The highest BCUT2D eigenvalue weighted by molar-refractivity contribution is 7.91. The van der Waals surface area contributed by atoms with Gasteiger partial charge in [-0.2, -0.15) is 0 Å². The number of rotatable bonds is 4. The predicted molar refractivity (Wildman–Crippen MR) is 77.2 cm³/mol. The summed E-state index contributed by atoms with van der Waals surface area (Å²) in [4.78, 5) is 13.8. The molecule has 0 aromatic rings. The molecule has 2 fully saturated rings. The van der Waals surface area contributed by atoms with Crippen molar-refractivity contribution in [3.63, 3.8) is 0 Å². The third kappa shape index (κ3) is 4.45. The quantitative estimate of drug-likeness (QED) is 0.783. The standard InChI is InChI=1S/C14H25NO4S/c1-12-6-8-20(17,18)9-7-15(12)14(16)11-19-10-13-4-2-3-5-13/h12-13H,2-11H2,1H3/t12-/m1/s1. The molecule has 0 aromatic heterocycles. The van der Waals surface area contributed by atoms with Crippen molar-refractivity contribution in [2.45, 2.75) is 45.1 Å². The van der Waals surface area contributed by atoms with Gasteiger partial charge in [0.25, 0.3) is 0 Å². The highest BCUT2D eigenvalue weighted by Gasteiger charge is 2.27. The summed E-state index contributed by atoms with van der Waals surface area (Å²) in [6.45, 7) is 2.96. The lowest BCUT2D eigenvalue weighted by molar-refractivity contribution is -0.138. The van der Waals surface area contributed by atoms with Crippen LogP contribution in [0.4, 0.5) is 0 Å². The van der Waals surface area contributed by atoms with E-state index in [-0.39, 0.29) is 30.1 Å². The Balaban J connectivity index is 1.78. The van der Waals surface area contributed by atoms with Crippen molar-refractivity contribution in [1.29, 1.82) is 0 Å². The van der Waals surface area contributed by atoms with Crippen LogP contribution in [0.3, 0.4) is 0 Å². The minimum atomic E-state index is -2.99. The highest BCUT2D eigenvalue weighted by Crippen LogP contribution is 2.24. The fraction of sp³-hybridized carbons (Fsp3) is 0.929. The molecular weight excluding hydrogens is 278 g/mol. The Labute approximate surface area is 121 Å². The third-order valence-electron chi connectivity index (χ3n) is 4.40. The predicted octanol–water partition coefficient (Wildman–Crippen LogP) is 1.23. The van der Waals surface area contributed by atoms with Gasteiger partial charge in [-0.05, 0) is 32.1 Å². The summed E-state index contributed by atoms with van der Waals surface area (Å²) in [5, 5.41) is 0. The van der Waals surface area contributed by atoms with Crippen molar-refractivity contribution >= 4 is 15.7 Å². The topological polar surface area (TPSA) is 63.7 Å². The van der Waals surface area contributed by atoms with Gasteiger partial charge < -0.3 is 9.64 Å². The molecule has 0 radical (unpaired) electrons. The molecule has 2 rings (SSSR count). The molecule has 1 saturated carbocycles. The molecule has 0 spiro atoms. The Morgan fingerprint density at radius 2 is 1.90 bits per heavy atom. The summed E-state index contributed by atoms with van der Waals surface area (Å²) in [5.74, 6) is 0.782. The second-order valence-corrected chi connectivity index (χ2v) is 8.35. The normalized spacial score (nSPS) is 27.4. The summed E-state index contributed by atoms with van der Waals surface area (Å²) in [6.07, 6.45) is 5.46. The lowest BCUT2D eigenvalue weighted by Crippen LogP contribution is -2.41. The molecule has 6 heteroatoms. The van der Waals surface area contributed by atoms with Crippen molar-refractivity contribution in [1.82, 2.24) is 4.90 Å². The third-order valence-corrected chi connectivity index (χ3v) is 6.06. The Bertz CT molecular complexity index is 428. The SMILES string of the molecule is C[C@@H]1CCS(=O)(=O)CCN1C(=O)COCC1CCCC1. The molecule has 0 bridgehead atoms. The van der Waals surface area contributed by atoms with E-state index in [2.05, 4.69) is 0 Å². The minimum Gasteiger partial charge on any atom is -0.371 e. The van der Waals surface area contributed by atoms with Gasteiger partial charge >= 0.3 is 0 Å². The van der Waals surface area contributed by atoms with Gasteiger partial charge in [0.05, 0.1) is 18.1 Å². The summed E-state index contributed by atoms with van der Waals surface area (Å²) in [7, 11) is -2.99. The smallest absolute Gasteiger partial charge is 0.248 e. The number of carbonyl (C=O) groups is 1. The lowest BCUT2D eigenvalue weighted by atomic mass is 10.1. The van der Waals surface area contributed by atoms with E-state index in [4.69, 9.17) is 4.74 Å². The largest absolute Gasteiger partial charge is 0.371 e. The molecule has 116 valence electrons. The summed E-state index contributed by atoms with van der Waals surface area (Å²) in [6, 6.07) is -0.0187. The highest BCUT2D eigenvalue weighted by atomic mass is 32.2. The van der Waals surface area contributed by atoms with E-state index in [0.717, 1.165) is 0 Å². The van der Waals surface area contributed by atoms with Gasteiger partial charge in [0.1, 0.15) is 6.61 Å². The molecule has 1 amide bonds. The molecule has 20 heavy (non-hydrogen) atoms. The molecule has 1 heterocycles. The average Bonchev–Trinajstić information content (AvgIpc) is 2.85. The second-order valence-electron chi connectivity index (χ2n) is 6.04. The Morgan fingerprint density at radius 1 is 1.20 bits per heavy atom. The van der Waals surface area contributed by atoms with Gasteiger partial charge in [-0.3, -0.25) is 4.79 Å². The zero-order chi connectivity index (χ0) is 14.6. The van der Waals surface area contributed by atoms with Gasteiger partial charge in [-0.1, -0.05) is 12.8 Å². The second kappa shape index (κ2) is 6.89. The number of nitrogens with zero attached hydrogens (tertiary/aromatic N) is 1. The fourth-order valence-corrected chi connectivity index (χ4v) is 4.39. The average molecular weight is 303 g/mol. The molecule has 0 N–H and O–H groups in total. The van der Waals surface area contributed by atoms with E-state index in [1.165, 1.54) is 25.7 Å². The maximum Gasteiger partial charge on any atom is 0.248 e. The monoisotopic (exact) mass is 303 g/mol. The molecule has 2 aliphatic rings. The zero-order valence-corrected chi connectivity index (χ0v) is 13.0. The van der Waals surface area contributed by atoms with Crippen LogP contribution in [0.1, 0.15) is 39.0 Å². The van der Waals surface area contributed by atoms with Gasteiger partial charge in [0.2, 0.25) is 5.91 Å². The molecule has 5 nitrogen and oxygen atoms in total. The van der Waals surface area contributed by atoms with E-state index in [9.17, 15) is 13.2 Å². The van der Waals surface area contributed by atoms with E-state index in [0.29, 0.717) is 25.5 Å². The van der Waals surface area contributed by atoms with Gasteiger partial charge in [-0.15, -0.1) is 0 Å². The molecule has 1 aliphatic heterocycles. The van der Waals surface area contributed by atoms with Crippen LogP contribution in [-0.2, 0) is 19.4 Å². The van der Waals surface area contributed by atoms with Crippen molar-refractivity contribution in [3.05, 3.63) is 0 Å². The van der Waals surface area contributed by atoms with Crippen molar-refractivity contribution < 1.29 is 17.9 Å². The lowest BCUT2D eigenvalue weighted by Gasteiger charge is -2.26. The number of hydrogen-bond donors (Lipinski definition) is 0. The first-order valence-electron chi connectivity index (χ1n) is 7.55. The first kappa shape index (κ1) is 15.8. The molecule has 1 aliphatic carbocycles. The van der Waals surface area contributed by atoms with E-state index in [1.54, 1.807) is 4.90 Å². The summed E-state index contributed by atoms with van der Waals surface area (Å²) < 4.78 is 28.7. The van der Waals surface area contributed by atoms with Crippen LogP contribution in [0.2, 0.25) is 0 Å². The number of amides is 1. The van der Waals surface area contributed by atoms with E-state index < -0.39 is 9.84 Å². The van der Waals surface area contributed by atoms with Crippen LogP contribution in [0.5, 0.6) is 0 Å². The van der Waals surface area contributed by atoms with Crippen LogP contribution in [0.25, 0.3) is 0 Å². The molecule has 1 atom stereocenters.